The third kappa shape index (κ3) is 2.57. The lowest BCUT2D eigenvalue weighted by Gasteiger charge is -2.25. The molecule has 1 aromatic carbocycles. The zero-order valence-electron chi connectivity index (χ0n) is 12.0. The summed E-state index contributed by atoms with van der Waals surface area (Å²) in [4.78, 5) is 16.6. The molecular formula is C17H18BrNO2. The van der Waals surface area contributed by atoms with E-state index in [1.165, 1.54) is 0 Å². The molecule has 1 N–H and O–H groups in total. The number of nitrogens with zero attached hydrogens (tertiary/aromatic N) is 1. The maximum atomic E-state index is 11.8. The summed E-state index contributed by atoms with van der Waals surface area (Å²) in [5.74, 6) is -0.249. The third-order valence-corrected chi connectivity index (χ3v) is 4.99. The summed E-state index contributed by atoms with van der Waals surface area (Å²) >= 11 is 3.49. The Morgan fingerprint density at radius 2 is 2.29 bits per heavy atom. The van der Waals surface area contributed by atoms with Gasteiger partial charge in [-0.2, -0.15) is 0 Å². The van der Waals surface area contributed by atoms with Crippen molar-refractivity contribution in [3.05, 3.63) is 39.5 Å². The molecule has 1 unspecified atom stereocenters. The molecule has 1 aliphatic rings. The number of para-hydroxylation sites is 1. The van der Waals surface area contributed by atoms with Crippen molar-refractivity contribution in [2.75, 3.05) is 0 Å². The van der Waals surface area contributed by atoms with Crippen LogP contribution in [0.25, 0.3) is 10.9 Å². The second-order valence-corrected chi connectivity index (χ2v) is 6.61. The number of aryl methyl sites for hydroxylation is 1. The van der Waals surface area contributed by atoms with Crippen LogP contribution in [0.2, 0.25) is 0 Å². The highest BCUT2D eigenvalue weighted by Crippen LogP contribution is 2.35. The Balaban J connectivity index is 2.23. The van der Waals surface area contributed by atoms with Gasteiger partial charge in [0.05, 0.1) is 11.1 Å². The highest BCUT2D eigenvalue weighted by molar-refractivity contribution is 9.10. The minimum atomic E-state index is -0.839. The summed E-state index contributed by atoms with van der Waals surface area (Å²) in [5.41, 5.74) is 3.15. The molecule has 3 rings (SSSR count). The number of hydrogen-bond donors (Lipinski definition) is 1. The minimum Gasteiger partial charge on any atom is -0.478 e. The SMILES string of the molecule is CCCC1CCc2nc3c(Br)cccc3c(C(=O)O)c2C1. The molecule has 1 aliphatic carbocycles. The van der Waals surface area contributed by atoms with Gasteiger partial charge in [0.15, 0.2) is 0 Å². The average Bonchev–Trinajstić information content (AvgIpc) is 2.45. The summed E-state index contributed by atoms with van der Waals surface area (Å²) in [7, 11) is 0. The second-order valence-electron chi connectivity index (χ2n) is 5.75. The molecule has 0 spiro atoms. The van der Waals surface area contributed by atoms with E-state index in [2.05, 4.69) is 22.9 Å². The Bertz CT molecular complexity index is 711. The van der Waals surface area contributed by atoms with Crippen molar-refractivity contribution in [3.63, 3.8) is 0 Å². The van der Waals surface area contributed by atoms with Crippen molar-refractivity contribution in [2.24, 2.45) is 5.92 Å². The summed E-state index contributed by atoms with van der Waals surface area (Å²) < 4.78 is 0.862. The van der Waals surface area contributed by atoms with Crippen LogP contribution in [0.3, 0.4) is 0 Å². The molecule has 0 radical (unpaired) electrons. The lowest BCUT2D eigenvalue weighted by Crippen LogP contribution is -2.19. The van der Waals surface area contributed by atoms with E-state index in [1.807, 2.05) is 18.2 Å². The van der Waals surface area contributed by atoms with Crippen molar-refractivity contribution in [1.82, 2.24) is 4.98 Å². The van der Waals surface area contributed by atoms with Crippen LogP contribution in [-0.2, 0) is 12.8 Å². The highest BCUT2D eigenvalue weighted by Gasteiger charge is 2.26. The van der Waals surface area contributed by atoms with Gasteiger partial charge < -0.3 is 5.11 Å². The number of halogens is 1. The van der Waals surface area contributed by atoms with E-state index in [1.54, 1.807) is 0 Å². The molecule has 0 bridgehead atoms. The number of aromatic nitrogens is 1. The second kappa shape index (κ2) is 5.76. The molecule has 1 aromatic heterocycles. The van der Waals surface area contributed by atoms with Crippen LogP contribution in [0.4, 0.5) is 0 Å². The summed E-state index contributed by atoms with van der Waals surface area (Å²) in [6.07, 6.45) is 5.16. The molecule has 2 aromatic rings. The average molecular weight is 348 g/mol. The fourth-order valence-corrected chi connectivity index (χ4v) is 3.85. The van der Waals surface area contributed by atoms with Crippen molar-refractivity contribution in [3.8, 4) is 0 Å². The molecule has 1 heterocycles. The van der Waals surface area contributed by atoms with Gasteiger partial charge in [-0.15, -0.1) is 0 Å². The third-order valence-electron chi connectivity index (χ3n) is 4.35. The van der Waals surface area contributed by atoms with Gasteiger partial charge in [0.25, 0.3) is 0 Å². The van der Waals surface area contributed by atoms with Crippen molar-refractivity contribution < 1.29 is 9.90 Å². The number of pyridine rings is 1. The Kier molecular flexibility index (Phi) is 3.98. The molecule has 3 nitrogen and oxygen atoms in total. The van der Waals surface area contributed by atoms with Gasteiger partial charge in [0.2, 0.25) is 0 Å². The molecule has 0 fully saturated rings. The normalized spacial score (nSPS) is 17.7. The Morgan fingerprint density at radius 3 is 3.00 bits per heavy atom. The van der Waals surface area contributed by atoms with Crippen molar-refractivity contribution in [2.45, 2.75) is 39.0 Å². The monoisotopic (exact) mass is 347 g/mol. The number of carbonyl (C=O) groups is 1. The van der Waals surface area contributed by atoms with E-state index in [-0.39, 0.29) is 0 Å². The first-order valence-corrected chi connectivity index (χ1v) is 8.24. The van der Waals surface area contributed by atoms with E-state index in [9.17, 15) is 9.90 Å². The van der Waals surface area contributed by atoms with Gasteiger partial charge in [0, 0.05) is 15.6 Å². The van der Waals surface area contributed by atoms with E-state index < -0.39 is 5.97 Å². The molecule has 0 saturated carbocycles. The number of carboxylic acid groups (broad SMARTS) is 1. The molecule has 0 amide bonds. The summed E-state index contributed by atoms with van der Waals surface area (Å²) in [6, 6.07) is 5.65. The standard InChI is InChI=1S/C17H18BrNO2/c1-2-4-10-7-8-14-12(9-10)15(17(20)21)11-5-3-6-13(18)16(11)19-14/h3,5-6,10H,2,4,7-9H2,1H3,(H,20,21). The minimum absolute atomic E-state index is 0.456. The largest absolute Gasteiger partial charge is 0.478 e. The van der Waals surface area contributed by atoms with E-state index in [0.717, 1.165) is 58.7 Å². The molecule has 1 atom stereocenters. The van der Waals surface area contributed by atoms with Gasteiger partial charge in [-0.25, -0.2) is 4.79 Å². The lowest BCUT2D eigenvalue weighted by molar-refractivity contribution is 0.0697. The number of benzene rings is 1. The van der Waals surface area contributed by atoms with Gasteiger partial charge >= 0.3 is 5.97 Å². The zero-order valence-corrected chi connectivity index (χ0v) is 13.6. The molecule has 4 heteroatoms. The topological polar surface area (TPSA) is 50.2 Å². The van der Waals surface area contributed by atoms with Gasteiger partial charge in [0.1, 0.15) is 0 Å². The van der Waals surface area contributed by atoms with Gasteiger partial charge in [-0.05, 0) is 52.7 Å². The van der Waals surface area contributed by atoms with Crippen LogP contribution < -0.4 is 0 Å². The number of carboxylic acids is 1. The Labute approximate surface area is 132 Å². The summed E-state index contributed by atoms with van der Waals surface area (Å²) in [5, 5.41) is 10.4. The van der Waals surface area contributed by atoms with Crippen LogP contribution >= 0.6 is 15.9 Å². The molecule has 0 saturated heterocycles. The predicted molar refractivity (Wildman–Crippen MR) is 86.8 cm³/mol. The van der Waals surface area contributed by atoms with Crippen LogP contribution in [-0.4, -0.2) is 16.1 Å². The fourth-order valence-electron chi connectivity index (χ4n) is 3.40. The number of hydrogen-bond acceptors (Lipinski definition) is 2. The number of rotatable bonds is 3. The van der Waals surface area contributed by atoms with Crippen molar-refractivity contribution >= 4 is 32.8 Å². The predicted octanol–water partition coefficient (Wildman–Crippen LogP) is 4.60. The molecule has 110 valence electrons. The molecule has 21 heavy (non-hydrogen) atoms. The molecule has 0 aliphatic heterocycles. The van der Waals surface area contributed by atoms with E-state index in [4.69, 9.17) is 4.98 Å². The van der Waals surface area contributed by atoms with Crippen LogP contribution in [0, 0.1) is 5.92 Å². The quantitative estimate of drug-likeness (QED) is 0.882. The van der Waals surface area contributed by atoms with Gasteiger partial charge in [-0.3, -0.25) is 4.98 Å². The first-order valence-electron chi connectivity index (χ1n) is 7.45. The van der Waals surface area contributed by atoms with Crippen molar-refractivity contribution in [1.29, 1.82) is 0 Å². The van der Waals surface area contributed by atoms with Gasteiger partial charge in [-0.1, -0.05) is 31.9 Å². The Hall–Kier alpha value is -1.42. The van der Waals surface area contributed by atoms with E-state index in [0.29, 0.717) is 11.5 Å². The van der Waals surface area contributed by atoms with Crippen LogP contribution in [0.15, 0.2) is 22.7 Å². The van der Waals surface area contributed by atoms with Crippen LogP contribution in [0.1, 0.15) is 47.8 Å². The number of aromatic carboxylic acids is 1. The smallest absolute Gasteiger partial charge is 0.336 e. The lowest BCUT2D eigenvalue weighted by atomic mass is 9.81. The maximum Gasteiger partial charge on any atom is 0.336 e. The maximum absolute atomic E-state index is 11.8. The van der Waals surface area contributed by atoms with Crippen LogP contribution in [0.5, 0.6) is 0 Å². The molecular weight excluding hydrogens is 330 g/mol. The number of fused-ring (bicyclic) bond motifs is 2. The highest BCUT2D eigenvalue weighted by atomic mass is 79.9. The summed E-state index contributed by atoms with van der Waals surface area (Å²) in [6.45, 7) is 2.18. The van der Waals surface area contributed by atoms with E-state index >= 15 is 0 Å². The zero-order chi connectivity index (χ0) is 15.0. The first kappa shape index (κ1) is 14.5. The Morgan fingerprint density at radius 1 is 1.48 bits per heavy atom. The first-order chi connectivity index (χ1) is 10.1. The fraction of sp³-hybridized carbons (Fsp3) is 0.412.